The molecule has 1 unspecified atom stereocenters. The minimum absolute atomic E-state index is 0.0796. The lowest BCUT2D eigenvalue weighted by molar-refractivity contribution is -0.140. The summed E-state index contributed by atoms with van der Waals surface area (Å²) in [4.78, 5) is 31.4. The van der Waals surface area contributed by atoms with Crippen molar-refractivity contribution in [3.8, 4) is 0 Å². The quantitative estimate of drug-likeness (QED) is 0.578. The molecule has 0 aliphatic carbocycles. The highest BCUT2D eigenvalue weighted by molar-refractivity contribution is 5.92. The molecule has 7 heteroatoms. The Kier molecular flexibility index (Phi) is 8.29. The molecule has 0 aromatic heterocycles. The Morgan fingerprint density at radius 3 is 2.31 bits per heavy atom. The Morgan fingerprint density at radius 1 is 0.971 bits per heavy atom. The molecule has 0 radical (unpaired) electrons. The number of rotatable bonds is 6. The van der Waals surface area contributed by atoms with Gasteiger partial charge in [0.1, 0.15) is 11.6 Å². The van der Waals surface area contributed by atoms with Gasteiger partial charge in [-0.15, -0.1) is 0 Å². The summed E-state index contributed by atoms with van der Waals surface area (Å²) >= 11 is 0. The molecule has 2 heterocycles. The molecule has 0 spiro atoms. The summed E-state index contributed by atoms with van der Waals surface area (Å²) in [5.74, 6) is -0.866. The Hall–Kier alpha value is -3.06. The normalized spacial score (nSPS) is 19.9. The highest BCUT2D eigenvalue weighted by Crippen LogP contribution is 2.27. The van der Waals surface area contributed by atoms with Gasteiger partial charge in [0.15, 0.2) is 0 Å². The van der Waals surface area contributed by atoms with Crippen LogP contribution in [0.1, 0.15) is 43.2 Å². The molecule has 2 aromatic carbocycles. The number of carbonyl (C=O) groups is 2. The third-order valence-electron chi connectivity index (χ3n) is 7.06. The number of likely N-dealkylation sites (tertiary alicyclic amines) is 1. The average Bonchev–Trinajstić information content (AvgIpc) is 2.86. The van der Waals surface area contributed by atoms with Crippen molar-refractivity contribution in [2.75, 3.05) is 39.3 Å². The van der Waals surface area contributed by atoms with Crippen LogP contribution in [0.15, 0.2) is 54.6 Å². The lowest BCUT2D eigenvalue weighted by Gasteiger charge is -2.40. The predicted octanol–water partition coefficient (Wildman–Crippen LogP) is 4.31. The second-order valence-electron chi connectivity index (χ2n) is 9.53. The van der Waals surface area contributed by atoms with Crippen molar-refractivity contribution in [3.05, 3.63) is 77.4 Å². The topological polar surface area (TPSA) is 43.9 Å². The van der Waals surface area contributed by atoms with Gasteiger partial charge in [-0.3, -0.25) is 9.59 Å². The molecule has 2 aliphatic heterocycles. The molecule has 4 rings (SSSR count). The van der Waals surface area contributed by atoms with Gasteiger partial charge < -0.3 is 14.7 Å². The summed E-state index contributed by atoms with van der Waals surface area (Å²) in [6.07, 6.45) is 5.46. The van der Waals surface area contributed by atoms with Crippen LogP contribution in [-0.4, -0.2) is 71.8 Å². The van der Waals surface area contributed by atoms with Gasteiger partial charge in [-0.05, 0) is 68.1 Å². The van der Waals surface area contributed by atoms with Crippen LogP contribution in [0.2, 0.25) is 0 Å². The molecule has 2 saturated heterocycles. The summed E-state index contributed by atoms with van der Waals surface area (Å²) in [5.41, 5.74) is 1.70. The molecule has 186 valence electrons. The van der Waals surface area contributed by atoms with Gasteiger partial charge >= 0.3 is 0 Å². The maximum atomic E-state index is 13.3. The summed E-state index contributed by atoms with van der Waals surface area (Å²) in [5, 5.41) is 0. The monoisotopic (exact) mass is 481 g/mol. The Morgan fingerprint density at radius 2 is 1.66 bits per heavy atom. The third kappa shape index (κ3) is 6.75. The van der Waals surface area contributed by atoms with E-state index in [1.54, 1.807) is 4.90 Å². The number of piperidine rings is 1. The van der Waals surface area contributed by atoms with Crippen LogP contribution < -0.4 is 0 Å². The highest BCUT2D eigenvalue weighted by atomic mass is 19.1. The number of halogens is 2. The number of hydrogen-bond donors (Lipinski definition) is 0. The number of benzene rings is 2. The van der Waals surface area contributed by atoms with Crippen LogP contribution in [0.4, 0.5) is 8.78 Å². The standard InChI is InChI=1S/C28H33F2N3O2/c1-21-20-32(27(34)8-7-22-17-25(29)19-26(30)18-22)15-16-33(21)28(35)11-14-31-12-9-24(10-13-31)23-5-3-2-4-6-23/h2-8,17-19,21,24H,9-16,20H2,1H3/b8-7+. The largest absolute Gasteiger partial charge is 0.336 e. The third-order valence-corrected chi connectivity index (χ3v) is 7.06. The second-order valence-corrected chi connectivity index (χ2v) is 9.53. The fourth-order valence-corrected chi connectivity index (χ4v) is 5.09. The first kappa shape index (κ1) is 25.0. The highest BCUT2D eigenvalue weighted by Gasteiger charge is 2.29. The molecule has 0 N–H and O–H groups in total. The van der Waals surface area contributed by atoms with Gasteiger partial charge in [-0.2, -0.15) is 0 Å². The maximum Gasteiger partial charge on any atom is 0.246 e. The van der Waals surface area contributed by atoms with Crippen molar-refractivity contribution in [1.29, 1.82) is 0 Å². The molecule has 5 nitrogen and oxygen atoms in total. The molecule has 2 aliphatic rings. The lowest BCUT2D eigenvalue weighted by atomic mass is 9.89. The Balaban J connectivity index is 1.21. The van der Waals surface area contributed by atoms with Crippen molar-refractivity contribution in [2.45, 2.75) is 38.1 Å². The van der Waals surface area contributed by atoms with Crippen molar-refractivity contribution in [1.82, 2.24) is 14.7 Å². The second kappa shape index (κ2) is 11.6. The van der Waals surface area contributed by atoms with Crippen LogP contribution >= 0.6 is 0 Å². The molecular formula is C28H33F2N3O2. The fraction of sp³-hybridized carbons (Fsp3) is 0.429. The first-order valence-corrected chi connectivity index (χ1v) is 12.4. The molecule has 2 aromatic rings. The van der Waals surface area contributed by atoms with Gasteiger partial charge in [-0.1, -0.05) is 30.3 Å². The number of amides is 2. The summed E-state index contributed by atoms with van der Waals surface area (Å²) < 4.78 is 26.7. The Labute approximate surface area is 206 Å². The van der Waals surface area contributed by atoms with E-state index in [9.17, 15) is 18.4 Å². The molecular weight excluding hydrogens is 448 g/mol. The van der Waals surface area contributed by atoms with E-state index in [0.717, 1.165) is 38.5 Å². The van der Waals surface area contributed by atoms with E-state index in [1.165, 1.54) is 29.8 Å². The molecule has 2 fully saturated rings. The van der Waals surface area contributed by atoms with Crippen LogP contribution in [0.25, 0.3) is 6.08 Å². The number of nitrogens with zero attached hydrogens (tertiary/aromatic N) is 3. The molecule has 0 saturated carbocycles. The fourth-order valence-electron chi connectivity index (χ4n) is 5.09. The number of hydrogen-bond acceptors (Lipinski definition) is 3. The van der Waals surface area contributed by atoms with Crippen molar-refractivity contribution in [2.24, 2.45) is 0 Å². The van der Waals surface area contributed by atoms with Gasteiger partial charge in [0.25, 0.3) is 0 Å². The van der Waals surface area contributed by atoms with Gasteiger partial charge in [0.05, 0.1) is 0 Å². The van der Waals surface area contributed by atoms with Crippen LogP contribution in [0.3, 0.4) is 0 Å². The van der Waals surface area contributed by atoms with Gasteiger partial charge in [-0.25, -0.2) is 8.78 Å². The summed E-state index contributed by atoms with van der Waals surface area (Å²) in [7, 11) is 0. The predicted molar refractivity (Wildman–Crippen MR) is 133 cm³/mol. The molecule has 1 atom stereocenters. The van der Waals surface area contributed by atoms with E-state index in [2.05, 4.69) is 29.2 Å². The van der Waals surface area contributed by atoms with Gasteiger partial charge in [0, 0.05) is 50.8 Å². The zero-order valence-corrected chi connectivity index (χ0v) is 20.2. The number of piperazine rings is 1. The van der Waals surface area contributed by atoms with E-state index in [1.807, 2.05) is 17.9 Å². The zero-order chi connectivity index (χ0) is 24.8. The van der Waals surface area contributed by atoms with E-state index >= 15 is 0 Å². The Bertz CT molecular complexity index is 1030. The van der Waals surface area contributed by atoms with Gasteiger partial charge in [0.2, 0.25) is 11.8 Å². The first-order chi connectivity index (χ1) is 16.9. The number of carbonyl (C=O) groups excluding carboxylic acids is 2. The van der Waals surface area contributed by atoms with E-state index in [-0.39, 0.29) is 17.9 Å². The summed E-state index contributed by atoms with van der Waals surface area (Å²) in [6.45, 7) is 6.10. The zero-order valence-electron chi connectivity index (χ0n) is 20.2. The van der Waals surface area contributed by atoms with E-state index in [4.69, 9.17) is 0 Å². The lowest BCUT2D eigenvalue weighted by Crippen LogP contribution is -2.55. The first-order valence-electron chi connectivity index (χ1n) is 12.4. The maximum absolute atomic E-state index is 13.3. The van der Waals surface area contributed by atoms with Crippen LogP contribution in [0.5, 0.6) is 0 Å². The molecule has 0 bridgehead atoms. The molecule has 35 heavy (non-hydrogen) atoms. The van der Waals surface area contributed by atoms with Crippen LogP contribution in [-0.2, 0) is 9.59 Å². The van der Waals surface area contributed by atoms with Crippen molar-refractivity contribution < 1.29 is 18.4 Å². The summed E-state index contributed by atoms with van der Waals surface area (Å²) in [6, 6.07) is 13.7. The smallest absolute Gasteiger partial charge is 0.246 e. The van der Waals surface area contributed by atoms with E-state index < -0.39 is 11.6 Å². The van der Waals surface area contributed by atoms with Crippen molar-refractivity contribution in [3.63, 3.8) is 0 Å². The SMILES string of the molecule is CC1CN(C(=O)/C=C/c2cc(F)cc(F)c2)CCN1C(=O)CCN1CCC(c2ccccc2)CC1. The van der Waals surface area contributed by atoms with Crippen LogP contribution in [0, 0.1) is 11.6 Å². The van der Waals surface area contributed by atoms with E-state index in [0.29, 0.717) is 37.5 Å². The van der Waals surface area contributed by atoms with Crippen molar-refractivity contribution >= 4 is 17.9 Å². The molecule has 2 amide bonds. The average molecular weight is 482 g/mol. The minimum atomic E-state index is -0.682. The minimum Gasteiger partial charge on any atom is -0.336 e.